The summed E-state index contributed by atoms with van der Waals surface area (Å²) < 4.78 is 4.95. The van der Waals surface area contributed by atoms with Crippen LogP contribution in [0.3, 0.4) is 0 Å². The first-order chi connectivity index (χ1) is 13.4. The number of amides is 3. The van der Waals surface area contributed by atoms with Crippen LogP contribution in [0, 0.1) is 23.7 Å². The Bertz CT molecular complexity index is 801. The smallest absolute Gasteiger partial charge is 0.326 e. The van der Waals surface area contributed by atoms with Crippen LogP contribution in [0.1, 0.15) is 6.42 Å². The van der Waals surface area contributed by atoms with Gasteiger partial charge in [-0.15, -0.1) is 0 Å². The lowest BCUT2D eigenvalue weighted by Crippen LogP contribution is -2.38. The lowest BCUT2D eigenvalue weighted by molar-refractivity contribution is -0.154. The average Bonchev–Trinajstić information content (AvgIpc) is 3.28. The number of nitrogens with one attached hydrogen (secondary N) is 1. The Morgan fingerprint density at radius 3 is 2.18 bits per heavy atom. The lowest BCUT2D eigenvalue weighted by Gasteiger charge is -2.28. The van der Waals surface area contributed by atoms with Crippen molar-refractivity contribution in [1.82, 2.24) is 4.90 Å². The maximum atomic E-state index is 12.7. The number of likely N-dealkylation sites (tertiary alicyclic amines) is 1. The van der Waals surface area contributed by atoms with Gasteiger partial charge in [0.15, 0.2) is 6.61 Å². The van der Waals surface area contributed by atoms with Crippen molar-refractivity contribution < 1.29 is 23.9 Å². The summed E-state index contributed by atoms with van der Waals surface area (Å²) in [5.41, 5.74) is 0.588. The zero-order chi connectivity index (χ0) is 20.0. The molecule has 7 nitrogen and oxygen atoms in total. The van der Waals surface area contributed by atoms with E-state index in [0.29, 0.717) is 5.69 Å². The number of esters is 1. The second-order valence-corrected chi connectivity index (χ2v) is 9.46. The van der Waals surface area contributed by atoms with Crippen molar-refractivity contribution in [2.24, 2.45) is 23.7 Å². The Morgan fingerprint density at radius 2 is 1.61 bits per heavy atom. The van der Waals surface area contributed by atoms with Gasteiger partial charge in [0, 0.05) is 15.3 Å². The first kappa shape index (κ1) is 19.6. The molecular formula is C19H18Br2N2O5. The predicted molar refractivity (Wildman–Crippen MR) is 107 cm³/mol. The van der Waals surface area contributed by atoms with Gasteiger partial charge < -0.3 is 10.1 Å². The average molecular weight is 514 g/mol. The fraction of sp³-hybridized carbons (Fsp3) is 0.474. The predicted octanol–water partition coefficient (Wildman–Crippen LogP) is 1.95. The van der Waals surface area contributed by atoms with Gasteiger partial charge in [0.1, 0.15) is 6.54 Å². The number of benzene rings is 1. The number of carbonyl (C=O) groups is 4. The molecule has 2 aliphatic carbocycles. The van der Waals surface area contributed by atoms with Gasteiger partial charge in [-0.3, -0.25) is 24.1 Å². The minimum atomic E-state index is -0.775. The van der Waals surface area contributed by atoms with Crippen molar-refractivity contribution in [3.05, 3.63) is 30.3 Å². The Hall–Kier alpha value is -1.74. The van der Waals surface area contributed by atoms with E-state index >= 15 is 0 Å². The second-order valence-electron chi connectivity index (χ2n) is 7.34. The molecule has 0 aromatic heterocycles. The van der Waals surface area contributed by atoms with Gasteiger partial charge >= 0.3 is 5.97 Å². The molecule has 4 rings (SSSR count). The van der Waals surface area contributed by atoms with Crippen LogP contribution < -0.4 is 5.32 Å². The van der Waals surface area contributed by atoms with E-state index in [1.807, 2.05) is 6.07 Å². The van der Waals surface area contributed by atoms with Crippen LogP contribution in [0.5, 0.6) is 0 Å². The summed E-state index contributed by atoms with van der Waals surface area (Å²) in [6.45, 7) is -0.933. The zero-order valence-electron chi connectivity index (χ0n) is 14.7. The molecule has 1 N–H and O–H groups in total. The van der Waals surface area contributed by atoms with Crippen molar-refractivity contribution in [3.63, 3.8) is 0 Å². The van der Waals surface area contributed by atoms with E-state index in [1.165, 1.54) is 0 Å². The number of hydrogen-bond acceptors (Lipinski definition) is 5. The quantitative estimate of drug-likeness (QED) is 0.369. The van der Waals surface area contributed by atoms with Crippen LogP contribution in [-0.4, -0.2) is 51.4 Å². The lowest BCUT2D eigenvalue weighted by atomic mass is 9.81. The summed E-state index contributed by atoms with van der Waals surface area (Å²) in [6.07, 6.45) is 0.830. The number of rotatable bonds is 5. The number of alkyl halides is 2. The number of fused-ring (bicyclic) bond motifs is 5. The van der Waals surface area contributed by atoms with Crippen LogP contribution >= 0.6 is 31.9 Å². The minimum absolute atomic E-state index is 0.0912. The van der Waals surface area contributed by atoms with Gasteiger partial charge in [-0.25, -0.2) is 0 Å². The van der Waals surface area contributed by atoms with Crippen LogP contribution in [0.4, 0.5) is 5.69 Å². The standard InChI is InChI=1S/C19H18Br2N2O5/c20-16-10-6-11(17(16)21)15-14(10)18(26)23(19(15)27)7-13(25)28-8-12(24)22-9-4-2-1-3-5-9/h1-5,10-11,14-17H,6-8H2,(H,22,24)/t10-,11-,14-,15-,16+,17+/m1/s1. The highest BCUT2D eigenvalue weighted by Crippen LogP contribution is 2.60. The maximum absolute atomic E-state index is 12.7. The number of imide groups is 1. The normalized spacial score (nSPS) is 33.1. The van der Waals surface area contributed by atoms with Crippen LogP contribution in [0.2, 0.25) is 0 Å². The first-order valence-corrected chi connectivity index (χ1v) is 10.9. The van der Waals surface area contributed by atoms with Gasteiger partial charge in [0.05, 0.1) is 11.8 Å². The molecule has 3 aliphatic rings. The number of nitrogens with zero attached hydrogens (tertiary/aromatic N) is 1. The second kappa shape index (κ2) is 7.59. The van der Waals surface area contributed by atoms with E-state index in [4.69, 9.17) is 4.74 Å². The van der Waals surface area contributed by atoms with Crippen molar-refractivity contribution in [3.8, 4) is 0 Å². The Balaban J connectivity index is 1.32. The molecule has 3 fully saturated rings. The molecule has 9 heteroatoms. The highest BCUT2D eigenvalue weighted by atomic mass is 79.9. The monoisotopic (exact) mass is 512 g/mol. The van der Waals surface area contributed by atoms with Gasteiger partial charge in [-0.1, -0.05) is 50.1 Å². The molecule has 1 saturated heterocycles. The Labute approximate surface area is 178 Å². The summed E-state index contributed by atoms with van der Waals surface area (Å²) >= 11 is 7.24. The largest absolute Gasteiger partial charge is 0.454 e. The number of ether oxygens (including phenoxy) is 1. The molecule has 2 saturated carbocycles. The highest BCUT2D eigenvalue weighted by Gasteiger charge is 2.66. The highest BCUT2D eigenvalue weighted by molar-refractivity contribution is 9.12. The summed E-state index contributed by atoms with van der Waals surface area (Å²) in [4.78, 5) is 50.7. The SMILES string of the molecule is O=C(COC(=O)CN1C(=O)[C@@H]2[C@H]3C[C@@H]([C@H](Br)[C@H]3Br)[C@H]2C1=O)Nc1ccccc1. The molecule has 0 spiro atoms. The van der Waals surface area contributed by atoms with Crippen molar-refractivity contribution in [1.29, 1.82) is 0 Å². The fourth-order valence-electron chi connectivity index (χ4n) is 4.61. The van der Waals surface area contributed by atoms with E-state index in [-0.39, 0.29) is 45.1 Å². The topological polar surface area (TPSA) is 92.8 Å². The zero-order valence-corrected chi connectivity index (χ0v) is 17.9. The van der Waals surface area contributed by atoms with Crippen molar-refractivity contribution in [2.45, 2.75) is 16.1 Å². The van der Waals surface area contributed by atoms with Gasteiger partial charge in [-0.05, 0) is 30.4 Å². The molecule has 1 aromatic carbocycles. The molecule has 148 valence electrons. The number of carbonyl (C=O) groups excluding carboxylic acids is 4. The molecule has 1 aliphatic heterocycles. The van der Waals surface area contributed by atoms with Crippen LogP contribution in [0.25, 0.3) is 0 Å². The molecule has 1 heterocycles. The van der Waals surface area contributed by atoms with E-state index in [1.54, 1.807) is 24.3 Å². The van der Waals surface area contributed by atoms with Crippen LogP contribution in [-0.2, 0) is 23.9 Å². The maximum Gasteiger partial charge on any atom is 0.326 e. The van der Waals surface area contributed by atoms with Crippen molar-refractivity contribution >= 4 is 61.2 Å². The van der Waals surface area contributed by atoms with Gasteiger partial charge in [-0.2, -0.15) is 0 Å². The first-order valence-electron chi connectivity index (χ1n) is 9.02. The molecule has 1 aromatic rings. The summed E-state index contributed by atoms with van der Waals surface area (Å²) in [6, 6.07) is 8.78. The summed E-state index contributed by atoms with van der Waals surface area (Å²) in [5.74, 6) is -2.44. The Morgan fingerprint density at radius 1 is 1.04 bits per heavy atom. The molecule has 0 radical (unpaired) electrons. The van der Waals surface area contributed by atoms with E-state index in [0.717, 1.165) is 11.3 Å². The minimum Gasteiger partial charge on any atom is -0.454 e. The molecule has 0 unspecified atom stereocenters. The van der Waals surface area contributed by atoms with Gasteiger partial charge in [0.2, 0.25) is 11.8 Å². The summed E-state index contributed by atoms with van der Waals surface area (Å²) in [7, 11) is 0. The fourth-order valence-corrected chi connectivity index (χ4v) is 6.48. The third-order valence-corrected chi connectivity index (χ3v) is 8.99. The number of anilines is 1. The van der Waals surface area contributed by atoms with E-state index < -0.39 is 25.0 Å². The molecule has 2 bridgehead atoms. The number of para-hydroxylation sites is 1. The van der Waals surface area contributed by atoms with Crippen LogP contribution in [0.15, 0.2) is 30.3 Å². The van der Waals surface area contributed by atoms with Gasteiger partial charge in [0.25, 0.3) is 5.91 Å². The van der Waals surface area contributed by atoms with E-state index in [2.05, 4.69) is 37.2 Å². The third-order valence-electron chi connectivity index (χ3n) is 5.79. The molecule has 6 atom stereocenters. The molecule has 3 amide bonds. The molecule has 28 heavy (non-hydrogen) atoms. The number of hydrogen-bond donors (Lipinski definition) is 1. The third kappa shape index (κ3) is 3.28. The molecular weight excluding hydrogens is 496 g/mol. The Kier molecular flexibility index (Phi) is 5.30. The van der Waals surface area contributed by atoms with Crippen molar-refractivity contribution in [2.75, 3.05) is 18.5 Å². The number of halogens is 2. The van der Waals surface area contributed by atoms with E-state index in [9.17, 15) is 19.2 Å². The summed E-state index contributed by atoms with van der Waals surface area (Å²) in [5, 5.41) is 2.60.